The first kappa shape index (κ1) is 10.4. The summed E-state index contributed by atoms with van der Waals surface area (Å²) in [5.74, 6) is 1.46. The van der Waals surface area contributed by atoms with Crippen LogP contribution in [0.2, 0.25) is 0 Å². The summed E-state index contributed by atoms with van der Waals surface area (Å²) in [6.45, 7) is 2.20. The third-order valence-electron chi connectivity index (χ3n) is 3.34. The summed E-state index contributed by atoms with van der Waals surface area (Å²) in [5.41, 5.74) is 6.71. The fourth-order valence-corrected chi connectivity index (χ4v) is 2.30. The Bertz CT molecular complexity index is 475. The Hall–Kier alpha value is -1.75. The third kappa shape index (κ3) is 1.54. The minimum Gasteiger partial charge on any atom is -0.454 e. The first-order chi connectivity index (χ1) is 8.16. The number of carbonyl (C=O) groups is 1. The van der Waals surface area contributed by atoms with Gasteiger partial charge in [-0.3, -0.25) is 4.79 Å². The van der Waals surface area contributed by atoms with Crippen molar-refractivity contribution in [1.82, 2.24) is 0 Å². The highest BCUT2D eigenvalue weighted by Crippen LogP contribution is 2.37. The van der Waals surface area contributed by atoms with E-state index in [2.05, 4.69) is 0 Å². The maximum absolute atomic E-state index is 11.9. The van der Waals surface area contributed by atoms with Crippen molar-refractivity contribution in [2.45, 2.75) is 25.4 Å². The van der Waals surface area contributed by atoms with E-state index >= 15 is 0 Å². The molecule has 5 heteroatoms. The van der Waals surface area contributed by atoms with Crippen molar-refractivity contribution >= 4 is 11.6 Å². The van der Waals surface area contributed by atoms with E-state index in [1.54, 1.807) is 4.90 Å². The smallest absolute Gasteiger partial charge is 0.231 e. The van der Waals surface area contributed by atoms with Gasteiger partial charge in [-0.25, -0.2) is 0 Å². The summed E-state index contributed by atoms with van der Waals surface area (Å²) in [7, 11) is 0. The Morgan fingerprint density at radius 1 is 1.35 bits per heavy atom. The quantitative estimate of drug-likeness (QED) is 0.783. The minimum atomic E-state index is -0.104. The van der Waals surface area contributed by atoms with Crippen LogP contribution in [0, 0.1) is 0 Å². The van der Waals surface area contributed by atoms with Crippen molar-refractivity contribution in [3.63, 3.8) is 0 Å². The predicted molar refractivity (Wildman–Crippen MR) is 62.1 cm³/mol. The van der Waals surface area contributed by atoms with Crippen LogP contribution in [-0.2, 0) is 4.79 Å². The van der Waals surface area contributed by atoms with E-state index in [0.29, 0.717) is 12.2 Å². The predicted octanol–water partition coefficient (Wildman–Crippen LogP) is 0.868. The molecule has 0 radical (unpaired) electrons. The van der Waals surface area contributed by atoms with Gasteiger partial charge in [-0.15, -0.1) is 0 Å². The number of ether oxygens (including phenoxy) is 2. The van der Waals surface area contributed by atoms with Gasteiger partial charge in [0.2, 0.25) is 12.7 Å². The van der Waals surface area contributed by atoms with E-state index in [1.807, 2.05) is 25.1 Å². The number of anilines is 1. The van der Waals surface area contributed by atoms with Gasteiger partial charge in [-0.1, -0.05) is 0 Å². The summed E-state index contributed by atoms with van der Waals surface area (Å²) >= 11 is 0. The number of nitrogens with zero attached hydrogens (tertiary/aromatic N) is 1. The van der Waals surface area contributed by atoms with Gasteiger partial charge < -0.3 is 20.1 Å². The normalized spacial score (nSPS) is 26.7. The van der Waals surface area contributed by atoms with Crippen molar-refractivity contribution < 1.29 is 14.3 Å². The number of hydrogen-bond donors (Lipinski definition) is 1. The maximum atomic E-state index is 11.9. The summed E-state index contributed by atoms with van der Waals surface area (Å²) in [6, 6.07) is 5.42. The molecule has 1 saturated heterocycles. The van der Waals surface area contributed by atoms with Gasteiger partial charge >= 0.3 is 0 Å². The molecule has 0 spiro atoms. The SMILES string of the molecule is CC1C(N)CC(=O)N1c1ccc2c(c1)OCO2. The van der Waals surface area contributed by atoms with Crippen molar-refractivity contribution in [1.29, 1.82) is 0 Å². The Morgan fingerprint density at radius 3 is 2.82 bits per heavy atom. The molecule has 1 aromatic rings. The molecule has 0 bridgehead atoms. The number of rotatable bonds is 1. The van der Waals surface area contributed by atoms with Gasteiger partial charge in [0, 0.05) is 30.3 Å². The van der Waals surface area contributed by atoms with Gasteiger partial charge in [-0.2, -0.15) is 0 Å². The van der Waals surface area contributed by atoms with Gasteiger partial charge in [-0.05, 0) is 19.1 Å². The van der Waals surface area contributed by atoms with Gasteiger partial charge in [0.25, 0.3) is 0 Å². The van der Waals surface area contributed by atoms with Crippen LogP contribution in [0.3, 0.4) is 0 Å². The number of carbonyl (C=O) groups excluding carboxylic acids is 1. The molecule has 0 aromatic heterocycles. The number of nitrogens with two attached hydrogens (primary N) is 1. The monoisotopic (exact) mass is 234 g/mol. The molecule has 2 N–H and O–H groups in total. The molecule has 2 aliphatic rings. The van der Waals surface area contributed by atoms with Gasteiger partial charge in [0.15, 0.2) is 11.5 Å². The second-order valence-corrected chi connectivity index (χ2v) is 4.41. The average molecular weight is 234 g/mol. The molecule has 5 nitrogen and oxygen atoms in total. The topological polar surface area (TPSA) is 64.8 Å². The second kappa shape index (κ2) is 3.63. The molecule has 3 rings (SSSR count). The van der Waals surface area contributed by atoms with E-state index in [4.69, 9.17) is 15.2 Å². The van der Waals surface area contributed by atoms with E-state index in [-0.39, 0.29) is 24.8 Å². The van der Waals surface area contributed by atoms with E-state index in [0.717, 1.165) is 11.4 Å². The molecule has 2 heterocycles. The molecule has 17 heavy (non-hydrogen) atoms. The van der Waals surface area contributed by atoms with Crippen LogP contribution in [0.4, 0.5) is 5.69 Å². The minimum absolute atomic E-state index is 0.0165. The van der Waals surface area contributed by atoms with Crippen LogP contribution in [0.5, 0.6) is 11.5 Å². The lowest BCUT2D eigenvalue weighted by Gasteiger charge is -2.23. The van der Waals surface area contributed by atoms with Crippen molar-refractivity contribution in [2.75, 3.05) is 11.7 Å². The van der Waals surface area contributed by atoms with Gasteiger partial charge in [0.05, 0.1) is 0 Å². The molecule has 1 aromatic carbocycles. The zero-order valence-corrected chi connectivity index (χ0v) is 9.55. The highest BCUT2D eigenvalue weighted by molar-refractivity contribution is 5.97. The van der Waals surface area contributed by atoms with Crippen LogP contribution in [-0.4, -0.2) is 24.8 Å². The van der Waals surface area contributed by atoms with Crippen LogP contribution in [0.25, 0.3) is 0 Å². The highest BCUT2D eigenvalue weighted by Gasteiger charge is 2.35. The lowest BCUT2D eigenvalue weighted by molar-refractivity contribution is -0.117. The van der Waals surface area contributed by atoms with Crippen LogP contribution < -0.4 is 20.1 Å². The van der Waals surface area contributed by atoms with E-state index in [1.165, 1.54) is 0 Å². The molecular weight excluding hydrogens is 220 g/mol. The van der Waals surface area contributed by atoms with Crippen molar-refractivity contribution in [3.8, 4) is 11.5 Å². The zero-order chi connectivity index (χ0) is 12.0. The molecule has 1 amide bonds. The average Bonchev–Trinajstić information content (AvgIpc) is 2.84. The lowest BCUT2D eigenvalue weighted by atomic mass is 10.1. The fraction of sp³-hybridized carbons (Fsp3) is 0.417. The maximum Gasteiger partial charge on any atom is 0.231 e. The van der Waals surface area contributed by atoms with Crippen LogP contribution in [0.15, 0.2) is 18.2 Å². The summed E-state index contributed by atoms with van der Waals surface area (Å²) < 4.78 is 10.5. The Balaban J connectivity index is 1.96. The van der Waals surface area contributed by atoms with Crippen molar-refractivity contribution in [3.05, 3.63) is 18.2 Å². The highest BCUT2D eigenvalue weighted by atomic mass is 16.7. The molecular formula is C12H14N2O3. The Kier molecular flexibility index (Phi) is 2.22. The van der Waals surface area contributed by atoms with Crippen LogP contribution in [0.1, 0.15) is 13.3 Å². The summed E-state index contributed by atoms with van der Waals surface area (Å²) in [5, 5.41) is 0. The molecule has 2 atom stereocenters. The number of benzene rings is 1. The van der Waals surface area contributed by atoms with E-state index < -0.39 is 0 Å². The van der Waals surface area contributed by atoms with Crippen LogP contribution >= 0.6 is 0 Å². The lowest BCUT2D eigenvalue weighted by Crippen LogP contribution is -2.37. The number of hydrogen-bond acceptors (Lipinski definition) is 4. The zero-order valence-electron chi connectivity index (χ0n) is 9.55. The number of amides is 1. The Morgan fingerprint density at radius 2 is 2.12 bits per heavy atom. The fourth-order valence-electron chi connectivity index (χ4n) is 2.30. The molecule has 0 saturated carbocycles. The molecule has 90 valence electrons. The molecule has 1 fully saturated rings. The van der Waals surface area contributed by atoms with E-state index in [9.17, 15) is 4.79 Å². The Labute approximate surface area is 99.1 Å². The first-order valence-corrected chi connectivity index (χ1v) is 5.64. The third-order valence-corrected chi connectivity index (χ3v) is 3.34. The largest absolute Gasteiger partial charge is 0.454 e. The summed E-state index contributed by atoms with van der Waals surface area (Å²) in [4.78, 5) is 13.6. The second-order valence-electron chi connectivity index (χ2n) is 4.41. The molecule has 0 aliphatic carbocycles. The number of fused-ring (bicyclic) bond motifs is 1. The summed E-state index contributed by atoms with van der Waals surface area (Å²) in [6.07, 6.45) is 0.398. The standard InChI is InChI=1S/C12H14N2O3/c1-7-9(13)5-12(15)14(7)8-2-3-10-11(4-8)17-6-16-10/h2-4,7,9H,5-6,13H2,1H3. The first-order valence-electron chi connectivity index (χ1n) is 5.64. The molecule has 2 unspecified atom stereocenters. The van der Waals surface area contributed by atoms with Crippen molar-refractivity contribution in [2.24, 2.45) is 5.73 Å². The molecule has 2 aliphatic heterocycles. The van der Waals surface area contributed by atoms with Gasteiger partial charge in [0.1, 0.15) is 0 Å².